The van der Waals surface area contributed by atoms with Crippen molar-refractivity contribution in [3.05, 3.63) is 53.2 Å². The van der Waals surface area contributed by atoms with Gasteiger partial charge in [-0.05, 0) is 86.0 Å². The van der Waals surface area contributed by atoms with Gasteiger partial charge in [-0.1, -0.05) is 24.3 Å². The molecule has 0 saturated carbocycles. The Morgan fingerprint density at radius 2 is 1.92 bits per heavy atom. The third kappa shape index (κ3) is 6.00. The number of hydrogen-bond acceptors (Lipinski definition) is 5. The molecule has 0 unspecified atom stereocenters. The monoisotopic (exact) mass is 490 g/mol. The zero-order valence-corrected chi connectivity index (χ0v) is 21.0. The maximum absolute atomic E-state index is 12.9. The SMILES string of the molecule is O=C(O)C[C@@H](CC1CCN(C(=O)CCc2ccc3c(n2)NCCC3)CC1)[C@@H]1CNc2ccccc2C1. The summed E-state index contributed by atoms with van der Waals surface area (Å²) in [7, 11) is 0. The Hall–Kier alpha value is -3.09. The van der Waals surface area contributed by atoms with Crippen LogP contribution in [0.5, 0.6) is 0 Å². The molecule has 3 N–H and O–H groups in total. The average molecular weight is 491 g/mol. The van der Waals surface area contributed by atoms with E-state index in [1.165, 1.54) is 16.8 Å². The average Bonchev–Trinajstić information content (AvgIpc) is 2.91. The molecule has 1 amide bonds. The van der Waals surface area contributed by atoms with Crippen LogP contribution in [-0.4, -0.2) is 53.0 Å². The van der Waals surface area contributed by atoms with Crippen molar-refractivity contribution in [2.45, 2.75) is 57.8 Å². The van der Waals surface area contributed by atoms with Gasteiger partial charge in [0.2, 0.25) is 5.91 Å². The van der Waals surface area contributed by atoms with E-state index in [-0.39, 0.29) is 18.2 Å². The number of nitrogens with one attached hydrogen (secondary N) is 2. The van der Waals surface area contributed by atoms with Crippen LogP contribution in [0, 0.1) is 17.8 Å². The van der Waals surface area contributed by atoms with Gasteiger partial charge in [0.15, 0.2) is 0 Å². The van der Waals surface area contributed by atoms with Crippen molar-refractivity contribution in [3.8, 4) is 0 Å². The Morgan fingerprint density at radius 1 is 1.08 bits per heavy atom. The zero-order valence-electron chi connectivity index (χ0n) is 21.0. The van der Waals surface area contributed by atoms with Crippen LogP contribution in [-0.2, 0) is 28.9 Å². The molecule has 0 radical (unpaired) electrons. The maximum atomic E-state index is 12.9. The molecule has 192 valence electrons. The van der Waals surface area contributed by atoms with Gasteiger partial charge in [-0.25, -0.2) is 4.98 Å². The van der Waals surface area contributed by atoms with Gasteiger partial charge in [-0.15, -0.1) is 0 Å². The minimum absolute atomic E-state index is 0.152. The molecule has 36 heavy (non-hydrogen) atoms. The summed E-state index contributed by atoms with van der Waals surface area (Å²) in [6.45, 7) is 3.34. The molecule has 1 saturated heterocycles. The normalized spacial score (nSPS) is 20.4. The Kier molecular flexibility index (Phi) is 7.73. The number of benzene rings is 1. The third-order valence-electron chi connectivity index (χ3n) is 8.31. The van der Waals surface area contributed by atoms with E-state index in [4.69, 9.17) is 4.98 Å². The molecule has 0 spiro atoms. The number of nitrogens with zero attached hydrogens (tertiary/aromatic N) is 2. The molecule has 3 aliphatic heterocycles. The zero-order chi connectivity index (χ0) is 24.9. The number of aryl methyl sites for hydroxylation is 2. The van der Waals surface area contributed by atoms with E-state index in [0.717, 1.165) is 76.2 Å². The lowest BCUT2D eigenvalue weighted by atomic mass is 9.75. The van der Waals surface area contributed by atoms with Crippen molar-refractivity contribution in [1.29, 1.82) is 0 Å². The van der Waals surface area contributed by atoms with Crippen molar-refractivity contribution in [2.24, 2.45) is 17.8 Å². The maximum Gasteiger partial charge on any atom is 0.303 e. The first-order chi connectivity index (χ1) is 17.5. The van der Waals surface area contributed by atoms with Crippen molar-refractivity contribution in [2.75, 3.05) is 36.8 Å². The number of piperidine rings is 1. The van der Waals surface area contributed by atoms with Crippen LogP contribution in [0.15, 0.2) is 36.4 Å². The molecule has 7 nitrogen and oxygen atoms in total. The highest BCUT2D eigenvalue weighted by molar-refractivity contribution is 5.76. The number of carbonyl (C=O) groups excluding carboxylic acids is 1. The topological polar surface area (TPSA) is 94.6 Å². The van der Waals surface area contributed by atoms with Crippen LogP contribution >= 0.6 is 0 Å². The minimum atomic E-state index is -0.711. The molecule has 0 bridgehead atoms. The number of para-hydroxylation sites is 1. The Morgan fingerprint density at radius 3 is 2.75 bits per heavy atom. The van der Waals surface area contributed by atoms with Gasteiger partial charge < -0.3 is 20.6 Å². The molecular formula is C29H38N4O3. The van der Waals surface area contributed by atoms with E-state index < -0.39 is 5.97 Å². The largest absolute Gasteiger partial charge is 0.481 e. The summed E-state index contributed by atoms with van der Waals surface area (Å²) >= 11 is 0. The summed E-state index contributed by atoms with van der Waals surface area (Å²) in [5.41, 5.74) is 4.71. The highest BCUT2D eigenvalue weighted by atomic mass is 16.4. The number of amides is 1. The molecule has 2 aromatic rings. The van der Waals surface area contributed by atoms with Gasteiger partial charge >= 0.3 is 5.97 Å². The highest BCUT2D eigenvalue weighted by Crippen LogP contribution is 2.35. The summed E-state index contributed by atoms with van der Waals surface area (Å²) in [6, 6.07) is 12.5. The first-order valence-electron chi connectivity index (χ1n) is 13.6. The summed E-state index contributed by atoms with van der Waals surface area (Å²) in [5.74, 6) is 1.44. The molecule has 7 heteroatoms. The van der Waals surface area contributed by atoms with Crippen molar-refractivity contribution >= 4 is 23.4 Å². The van der Waals surface area contributed by atoms with E-state index in [1.54, 1.807) is 0 Å². The molecule has 1 fully saturated rings. The predicted octanol–water partition coefficient (Wildman–Crippen LogP) is 4.38. The molecule has 4 heterocycles. The van der Waals surface area contributed by atoms with Gasteiger partial charge in [0.05, 0.1) is 0 Å². The lowest BCUT2D eigenvalue weighted by Gasteiger charge is -2.37. The Bertz CT molecular complexity index is 1080. The van der Waals surface area contributed by atoms with Crippen molar-refractivity contribution < 1.29 is 14.7 Å². The van der Waals surface area contributed by atoms with Gasteiger partial charge in [0, 0.05) is 50.4 Å². The van der Waals surface area contributed by atoms with E-state index in [2.05, 4.69) is 41.0 Å². The first kappa shape index (κ1) is 24.6. The van der Waals surface area contributed by atoms with Crippen LogP contribution < -0.4 is 10.6 Å². The molecule has 1 aromatic heterocycles. The molecule has 1 aromatic carbocycles. The molecule has 5 rings (SSSR count). The lowest BCUT2D eigenvalue weighted by Crippen LogP contribution is -2.40. The number of carboxylic acid groups (broad SMARTS) is 1. The van der Waals surface area contributed by atoms with Crippen LogP contribution in [0.4, 0.5) is 11.5 Å². The second-order valence-corrected chi connectivity index (χ2v) is 10.8. The van der Waals surface area contributed by atoms with Crippen LogP contribution in [0.1, 0.15) is 55.3 Å². The van der Waals surface area contributed by atoms with E-state index in [1.807, 2.05) is 11.0 Å². The highest BCUT2D eigenvalue weighted by Gasteiger charge is 2.32. The van der Waals surface area contributed by atoms with Crippen molar-refractivity contribution in [3.63, 3.8) is 0 Å². The standard InChI is InChI=1S/C29H38N4O3/c34-27(10-9-25-8-7-21-5-3-13-30-29(21)32-25)33-14-11-20(12-15-33)16-23(18-28(35)36)24-17-22-4-1-2-6-26(22)31-19-24/h1-2,4,6-8,20,23-24,31H,3,5,9-19H2,(H,30,32)(H,35,36)/t23-,24+/m1/s1. The number of aromatic nitrogens is 1. The summed E-state index contributed by atoms with van der Waals surface area (Å²) < 4.78 is 0. The number of anilines is 2. The lowest BCUT2D eigenvalue weighted by molar-refractivity contribution is -0.138. The van der Waals surface area contributed by atoms with E-state index in [0.29, 0.717) is 24.7 Å². The van der Waals surface area contributed by atoms with E-state index in [9.17, 15) is 14.7 Å². The number of likely N-dealkylation sites (tertiary alicyclic amines) is 1. The number of carbonyl (C=O) groups is 2. The number of hydrogen-bond donors (Lipinski definition) is 3. The van der Waals surface area contributed by atoms with Gasteiger partial charge in [0.1, 0.15) is 5.82 Å². The molecule has 3 aliphatic rings. The number of rotatable bonds is 8. The third-order valence-corrected chi connectivity index (χ3v) is 8.31. The van der Waals surface area contributed by atoms with Gasteiger partial charge in [0.25, 0.3) is 0 Å². The molecule has 2 atom stereocenters. The summed E-state index contributed by atoms with van der Waals surface area (Å²) in [6.07, 6.45) is 7.37. The second-order valence-electron chi connectivity index (χ2n) is 10.8. The Balaban J connectivity index is 1.11. The van der Waals surface area contributed by atoms with Crippen LogP contribution in [0.25, 0.3) is 0 Å². The number of pyridine rings is 1. The fourth-order valence-corrected chi connectivity index (χ4v) is 6.21. The fourth-order valence-electron chi connectivity index (χ4n) is 6.21. The van der Waals surface area contributed by atoms with Gasteiger partial charge in [-0.3, -0.25) is 9.59 Å². The van der Waals surface area contributed by atoms with Crippen molar-refractivity contribution in [1.82, 2.24) is 9.88 Å². The number of aliphatic carboxylic acids is 1. The van der Waals surface area contributed by atoms with E-state index >= 15 is 0 Å². The Labute approximate surface area is 213 Å². The fraction of sp³-hybridized carbons (Fsp3) is 0.552. The number of fused-ring (bicyclic) bond motifs is 2. The van der Waals surface area contributed by atoms with Gasteiger partial charge in [-0.2, -0.15) is 0 Å². The molecule has 0 aliphatic carbocycles. The predicted molar refractivity (Wildman–Crippen MR) is 141 cm³/mol. The summed E-state index contributed by atoms with van der Waals surface area (Å²) in [5, 5.41) is 16.5. The number of carboxylic acids is 1. The summed E-state index contributed by atoms with van der Waals surface area (Å²) in [4.78, 5) is 31.3. The quantitative estimate of drug-likeness (QED) is 0.509. The van der Waals surface area contributed by atoms with Crippen LogP contribution in [0.3, 0.4) is 0 Å². The molecular weight excluding hydrogens is 452 g/mol. The smallest absolute Gasteiger partial charge is 0.303 e. The second kappa shape index (κ2) is 11.3. The first-order valence-corrected chi connectivity index (χ1v) is 13.6. The van der Waals surface area contributed by atoms with Crippen LogP contribution in [0.2, 0.25) is 0 Å². The minimum Gasteiger partial charge on any atom is -0.481 e.